The van der Waals surface area contributed by atoms with Gasteiger partial charge >= 0.3 is 0 Å². The SMILES string of the molecule is Brc1c(Br)c2c3c(nc(N[C@H]4CCCNC4)n3CCC2)c1Br. The van der Waals surface area contributed by atoms with Gasteiger partial charge < -0.3 is 15.2 Å². The van der Waals surface area contributed by atoms with Crippen LogP contribution in [-0.4, -0.2) is 28.7 Å². The van der Waals surface area contributed by atoms with Gasteiger partial charge in [-0.1, -0.05) is 0 Å². The fourth-order valence-electron chi connectivity index (χ4n) is 3.48. The van der Waals surface area contributed by atoms with Crippen molar-refractivity contribution in [3.63, 3.8) is 0 Å². The standard InChI is InChI=1S/C15H17Br3N4/c16-10-9-4-2-6-22-14(9)13(12(18)11(10)17)21-15(22)20-8-3-1-5-19-7-8/h8,19H,1-7H2,(H,20,21)/t8-/m0/s1. The third-order valence-electron chi connectivity index (χ3n) is 4.55. The third kappa shape index (κ3) is 2.44. The molecule has 0 aliphatic carbocycles. The molecule has 2 aromatic rings. The van der Waals surface area contributed by atoms with Gasteiger partial charge in [-0.3, -0.25) is 0 Å². The molecule has 0 saturated carbocycles. The molecular formula is C15H17Br3N4. The maximum atomic E-state index is 4.91. The molecule has 2 aliphatic rings. The minimum absolute atomic E-state index is 0.470. The van der Waals surface area contributed by atoms with Crippen molar-refractivity contribution in [2.24, 2.45) is 0 Å². The molecule has 1 aromatic carbocycles. The van der Waals surface area contributed by atoms with Crippen molar-refractivity contribution >= 4 is 64.8 Å². The van der Waals surface area contributed by atoms with Crippen LogP contribution >= 0.6 is 47.8 Å². The van der Waals surface area contributed by atoms with E-state index in [2.05, 4.69) is 63.0 Å². The molecule has 0 bridgehead atoms. The number of hydrogen-bond donors (Lipinski definition) is 2. The van der Waals surface area contributed by atoms with Crippen molar-refractivity contribution in [3.8, 4) is 0 Å². The van der Waals surface area contributed by atoms with E-state index in [4.69, 9.17) is 4.98 Å². The number of piperidine rings is 1. The summed E-state index contributed by atoms with van der Waals surface area (Å²) in [7, 11) is 0. The van der Waals surface area contributed by atoms with E-state index in [1.807, 2.05) is 0 Å². The lowest BCUT2D eigenvalue weighted by Crippen LogP contribution is -2.39. The van der Waals surface area contributed by atoms with Crippen LogP contribution in [0.1, 0.15) is 24.8 Å². The number of anilines is 1. The lowest BCUT2D eigenvalue weighted by Gasteiger charge is -2.25. The maximum Gasteiger partial charge on any atom is 0.204 e. The van der Waals surface area contributed by atoms with E-state index in [9.17, 15) is 0 Å². The summed E-state index contributed by atoms with van der Waals surface area (Å²) < 4.78 is 5.60. The largest absolute Gasteiger partial charge is 0.352 e. The van der Waals surface area contributed by atoms with Gasteiger partial charge in [0.1, 0.15) is 5.52 Å². The minimum atomic E-state index is 0.470. The van der Waals surface area contributed by atoms with Gasteiger partial charge in [-0.05, 0) is 85.6 Å². The van der Waals surface area contributed by atoms with Gasteiger partial charge in [0.2, 0.25) is 5.95 Å². The normalized spacial score (nSPS) is 21.3. The lowest BCUT2D eigenvalue weighted by atomic mass is 10.0. The molecule has 118 valence electrons. The first-order chi connectivity index (χ1) is 10.7. The molecule has 22 heavy (non-hydrogen) atoms. The van der Waals surface area contributed by atoms with Gasteiger partial charge in [-0.2, -0.15) is 0 Å². The highest BCUT2D eigenvalue weighted by Crippen LogP contribution is 2.43. The van der Waals surface area contributed by atoms with E-state index in [1.54, 1.807) is 0 Å². The summed E-state index contributed by atoms with van der Waals surface area (Å²) in [5.41, 5.74) is 3.68. The van der Waals surface area contributed by atoms with E-state index >= 15 is 0 Å². The predicted octanol–water partition coefficient (Wildman–Crippen LogP) is 4.43. The Morgan fingerprint density at radius 3 is 2.77 bits per heavy atom. The van der Waals surface area contributed by atoms with Gasteiger partial charge in [0, 0.05) is 28.1 Å². The smallest absolute Gasteiger partial charge is 0.204 e. The molecule has 4 nitrogen and oxygen atoms in total. The van der Waals surface area contributed by atoms with Crippen LogP contribution in [0.3, 0.4) is 0 Å². The predicted molar refractivity (Wildman–Crippen MR) is 101 cm³/mol. The Morgan fingerprint density at radius 2 is 2.00 bits per heavy atom. The molecule has 2 N–H and O–H groups in total. The molecule has 1 fully saturated rings. The number of nitrogens with one attached hydrogen (secondary N) is 2. The van der Waals surface area contributed by atoms with Crippen molar-refractivity contribution in [2.75, 3.05) is 18.4 Å². The summed E-state index contributed by atoms with van der Waals surface area (Å²) in [6.45, 7) is 3.18. The zero-order valence-electron chi connectivity index (χ0n) is 12.1. The van der Waals surface area contributed by atoms with Crippen LogP contribution in [0.5, 0.6) is 0 Å². The van der Waals surface area contributed by atoms with Crippen LogP contribution < -0.4 is 10.6 Å². The molecule has 0 amide bonds. The molecule has 1 aromatic heterocycles. The Bertz CT molecular complexity index is 734. The van der Waals surface area contributed by atoms with Gasteiger partial charge in [0.15, 0.2) is 0 Å². The Labute approximate surface area is 154 Å². The number of nitrogens with zero attached hydrogens (tertiary/aromatic N) is 2. The summed E-state index contributed by atoms with van der Waals surface area (Å²) in [5.74, 6) is 1.01. The monoisotopic (exact) mass is 490 g/mol. The van der Waals surface area contributed by atoms with E-state index in [0.717, 1.165) is 57.4 Å². The van der Waals surface area contributed by atoms with Crippen molar-refractivity contribution in [2.45, 2.75) is 38.3 Å². The van der Waals surface area contributed by atoms with E-state index in [1.165, 1.54) is 23.9 Å². The molecule has 0 spiro atoms. The van der Waals surface area contributed by atoms with Gasteiger partial charge in [-0.25, -0.2) is 4.98 Å². The molecule has 3 heterocycles. The molecule has 1 saturated heterocycles. The van der Waals surface area contributed by atoms with Crippen LogP contribution in [0.15, 0.2) is 13.4 Å². The number of aromatic nitrogens is 2. The van der Waals surface area contributed by atoms with Crippen molar-refractivity contribution in [1.82, 2.24) is 14.9 Å². The first-order valence-electron chi connectivity index (χ1n) is 7.69. The average molecular weight is 493 g/mol. The summed E-state index contributed by atoms with van der Waals surface area (Å²) in [6.07, 6.45) is 4.68. The maximum absolute atomic E-state index is 4.91. The summed E-state index contributed by atoms with van der Waals surface area (Å²) >= 11 is 11.1. The number of halogens is 3. The molecule has 4 rings (SSSR count). The highest BCUT2D eigenvalue weighted by molar-refractivity contribution is 9.14. The first-order valence-corrected chi connectivity index (χ1v) is 10.1. The molecule has 0 radical (unpaired) electrons. The second-order valence-electron chi connectivity index (χ2n) is 6.00. The Morgan fingerprint density at radius 1 is 1.14 bits per heavy atom. The number of aryl methyl sites for hydroxylation is 2. The first kappa shape index (κ1) is 15.4. The fourth-order valence-corrected chi connectivity index (χ4v) is 5.23. The van der Waals surface area contributed by atoms with Gasteiger partial charge in [0.05, 0.1) is 9.99 Å². The lowest BCUT2D eigenvalue weighted by molar-refractivity contribution is 0.475. The topological polar surface area (TPSA) is 41.9 Å². The third-order valence-corrected chi connectivity index (χ3v) is 8.05. The Kier molecular flexibility index (Phi) is 4.26. The quantitative estimate of drug-likeness (QED) is 0.609. The van der Waals surface area contributed by atoms with E-state index in [-0.39, 0.29) is 0 Å². The van der Waals surface area contributed by atoms with Gasteiger partial charge in [0.25, 0.3) is 0 Å². The summed E-state index contributed by atoms with van der Waals surface area (Å²) in [5, 5.41) is 7.11. The van der Waals surface area contributed by atoms with Crippen LogP contribution in [-0.2, 0) is 13.0 Å². The fraction of sp³-hybridized carbons (Fsp3) is 0.533. The molecular weight excluding hydrogens is 476 g/mol. The highest BCUT2D eigenvalue weighted by Gasteiger charge is 2.26. The number of rotatable bonds is 2. The minimum Gasteiger partial charge on any atom is -0.352 e. The average Bonchev–Trinajstić information content (AvgIpc) is 2.91. The van der Waals surface area contributed by atoms with Crippen LogP contribution in [0.2, 0.25) is 0 Å². The van der Waals surface area contributed by atoms with Crippen LogP contribution in [0.4, 0.5) is 5.95 Å². The van der Waals surface area contributed by atoms with Crippen LogP contribution in [0, 0.1) is 0 Å². The number of benzene rings is 1. The Hall–Kier alpha value is -0.110. The van der Waals surface area contributed by atoms with Crippen molar-refractivity contribution < 1.29 is 0 Å². The number of hydrogen-bond acceptors (Lipinski definition) is 3. The molecule has 7 heteroatoms. The number of imidazole rings is 1. The molecule has 2 aliphatic heterocycles. The summed E-state index contributed by atoms with van der Waals surface area (Å²) in [6, 6.07) is 0.470. The van der Waals surface area contributed by atoms with Crippen molar-refractivity contribution in [1.29, 1.82) is 0 Å². The summed E-state index contributed by atoms with van der Waals surface area (Å²) in [4.78, 5) is 4.91. The van der Waals surface area contributed by atoms with Gasteiger partial charge in [-0.15, -0.1) is 0 Å². The highest BCUT2D eigenvalue weighted by atomic mass is 79.9. The van der Waals surface area contributed by atoms with E-state index < -0.39 is 0 Å². The van der Waals surface area contributed by atoms with E-state index in [0.29, 0.717) is 6.04 Å². The zero-order chi connectivity index (χ0) is 15.3. The Balaban J connectivity index is 1.83. The second kappa shape index (κ2) is 6.07. The second-order valence-corrected chi connectivity index (χ2v) is 8.37. The molecule has 0 unspecified atom stereocenters. The van der Waals surface area contributed by atoms with Crippen molar-refractivity contribution in [3.05, 3.63) is 19.0 Å². The molecule has 1 atom stereocenters. The van der Waals surface area contributed by atoms with Crippen LogP contribution in [0.25, 0.3) is 11.0 Å². The zero-order valence-corrected chi connectivity index (χ0v) is 16.8.